The molecule has 0 saturated carbocycles. The molecule has 17 heavy (non-hydrogen) atoms. The highest BCUT2D eigenvalue weighted by Gasteiger charge is 2.15. The number of halogens is 1. The Morgan fingerprint density at radius 3 is 2.35 bits per heavy atom. The van der Waals surface area contributed by atoms with Gasteiger partial charge in [-0.25, -0.2) is 4.39 Å². The van der Waals surface area contributed by atoms with Crippen molar-refractivity contribution in [2.45, 2.75) is 20.8 Å². The molecule has 0 saturated heterocycles. The molecule has 1 aromatic carbocycles. The predicted octanol–water partition coefficient (Wildman–Crippen LogP) is 4.04. The zero-order valence-corrected chi connectivity index (χ0v) is 10.8. The maximum atomic E-state index is 13.3. The van der Waals surface area contributed by atoms with Crippen LogP contribution >= 0.6 is 11.3 Å². The molecule has 0 aliphatic carbocycles. The molecule has 1 nitrogen and oxygen atoms in total. The molecule has 0 amide bonds. The van der Waals surface area contributed by atoms with E-state index in [-0.39, 0.29) is 11.6 Å². The maximum Gasteiger partial charge on any atom is 0.194 e. The quantitative estimate of drug-likeness (QED) is 0.733. The summed E-state index contributed by atoms with van der Waals surface area (Å²) in [6, 6.07) is 6.30. The number of hydrogen-bond acceptors (Lipinski definition) is 2. The van der Waals surface area contributed by atoms with Crippen LogP contribution < -0.4 is 0 Å². The summed E-state index contributed by atoms with van der Waals surface area (Å²) in [6.07, 6.45) is 0. The van der Waals surface area contributed by atoms with Gasteiger partial charge in [0.05, 0.1) is 0 Å². The summed E-state index contributed by atoms with van der Waals surface area (Å²) in [4.78, 5) is 14.3. The van der Waals surface area contributed by atoms with Gasteiger partial charge < -0.3 is 0 Å². The third kappa shape index (κ3) is 2.44. The number of carbonyl (C=O) groups excluding carboxylic acids is 1. The Balaban J connectivity index is 2.47. The number of benzene rings is 1. The van der Waals surface area contributed by atoms with Crippen LogP contribution in [0.5, 0.6) is 0 Å². The van der Waals surface area contributed by atoms with Gasteiger partial charge >= 0.3 is 0 Å². The summed E-state index contributed by atoms with van der Waals surface area (Å²) in [7, 11) is 0. The predicted molar refractivity (Wildman–Crippen MR) is 68.4 cm³/mol. The van der Waals surface area contributed by atoms with Crippen LogP contribution in [0.15, 0.2) is 24.3 Å². The van der Waals surface area contributed by atoms with Gasteiger partial charge in [-0.15, -0.1) is 11.3 Å². The van der Waals surface area contributed by atoms with Crippen LogP contribution in [0.25, 0.3) is 0 Å². The Morgan fingerprint density at radius 1 is 1.12 bits per heavy atom. The van der Waals surface area contributed by atoms with Gasteiger partial charge in [0.25, 0.3) is 0 Å². The lowest BCUT2D eigenvalue weighted by Gasteiger charge is -2.02. The SMILES string of the molecule is Cc1cc(F)cc(C(=O)c2cc(C)sc2C)c1. The van der Waals surface area contributed by atoms with E-state index in [1.807, 2.05) is 19.9 Å². The highest BCUT2D eigenvalue weighted by Crippen LogP contribution is 2.24. The summed E-state index contributed by atoms with van der Waals surface area (Å²) in [5.74, 6) is -0.465. The molecule has 0 bridgehead atoms. The van der Waals surface area contributed by atoms with E-state index in [0.29, 0.717) is 11.1 Å². The normalized spacial score (nSPS) is 10.6. The minimum Gasteiger partial charge on any atom is -0.289 e. The number of hydrogen-bond donors (Lipinski definition) is 0. The summed E-state index contributed by atoms with van der Waals surface area (Å²) < 4.78 is 13.3. The first-order valence-electron chi connectivity index (χ1n) is 5.36. The highest BCUT2D eigenvalue weighted by molar-refractivity contribution is 7.12. The molecule has 0 N–H and O–H groups in total. The van der Waals surface area contributed by atoms with Crippen LogP contribution in [-0.4, -0.2) is 5.78 Å². The number of thiophene rings is 1. The van der Waals surface area contributed by atoms with E-state index in [1.165, 1.54) is 12.1 Å². The van der Waals surface area contributed by atoms with Crippen molar-refractivity contribution in [2.24, 2.45) is 0 Å². The first kappa shape index (κ1) is 12.0. The molecule has 88 valence electrons. The Hall–Kier alpha value is -1.48. The van der Waals surface area contributed by atoms with E-state index in [9.17, 15) is 9.18 Å². The molecule has 1 heterocycles. The van der Waals surface area contributed by atoms with E-state index < -0.39 is 0 Å². The van der Waals surface area contributed by atoms with Crippen LogP contribution in [0.1, 0.15) is 31.2 Å². The summed E-state index contributed by atoms with van der Waals surface area (Å²) in [5.41, 5.74) is 1.86. The van der Waals surface area contributed by atoms with E-state index in [1.54, 1.807) is 24.3 Å². The van der Waals surface area contributed by atoms with Crippen molar-refractivity contribution in [1.82, 2.24) is 0 Å². The fraction of sp³-hybridized carbons (Fsp3) is 0.214. The Labute approximate surface area is 104 Å². The molecule has 0 radical (unpaired) electrons. The molecule has 2 aromatic rings. The fourth-order valence-electron chi connectivity index (χ4n) is 1.88. The van der Waals surface area contributed by atoms with Crippen LogP contribution in [0.4, 0.5) is 4.39 Å². The molecule has 1 aromatic heterocycles. The van der Waals surface area contributed by atoms with Crippen molar-refractivity contribution in [1.29, 1.82) is 0 Å². The van der Waals surface area contributed by atoms with Crippen molar-refractivity contribution in [3.63, 3.8) is 0 Å². The molecule has 0 unspecified atom stereocenters. The zero-order valence-electron chi connectivity index (χ0n) is 10.0. The number of carbonyl (C=O) groups is 1. The summed E-state index contributed by atoms with van der Waals surface area (Å²) >= 11 is 1.59. The third-order valence-corrected chi connectivity index (χ3v) is 3.56. The lowest BCUT2D eigenvalue weighted by molar-refractivity contribution is 0.103. The maximum absolute atomic E-state index is 13.3. The molecule has 0 fully saturated rings. The first-order valence-corrected chi connectivity index (χ1v) is 6.18. The zero-order chi connectivity index (χ0) is 12.6. The topological polar surface area (TPSA) is 17.1 Å². The number of ketones is 1. The van der Waals surface area contributed by atoms with Crippen molar-refractivity contribution in [3.8, 4) is 0 Å². The van der Waals surface area contributed by atoms with Crippen LogP contribution in [0.2, 0.25) is 0 Å². The van der Waals surface area contributed by atoms with Crippen molar-refractivity contribution >= 4 is 17.1 Å². The van der Waals surface area contributed by atoms with Gasteiger partial charge in [0.2, 0.25) is 0 Å². The van der Waals surface area contributed by atoms with Crippen LogP contribution in [0.3, 0.4) is 0 Å². The standard InChI is InChI=1S/C14H13FOS/c1-8-4-11(7-12(15)5-8)14(16)13-6-9(2)17-10(13)3/h4-7H,1-3H3. The molecule has 0 atom stereocenters. The van der Waals surface area contributed by atoms with E-state index in [0.717, 1.165) is 15.3 Å². The molecule has 2 rings (SSSR count). The lowest BCUT2D eigenvalue weighted by atomic mass is 10.0. The minimum atomic E-state index is -0.363. The average molecular weight is 248 g/mol. The van der Waals surface area contributed by atoms with Gasteiger partial charge in [0, 0.05) is 20.9 Å². The smallest absolute Gasteiger partial charge is 0.194 e. The van der Waals surface area contributed by atoms with Crippen molar-refractivity contribution in [2.75, 3.05) is 0 Å². The second-order valence-electron chi connectivity index (χ2n) is 4.17. The highest BCUT2D eigenvalue weighted by atomic mass is 32.1. The van der Waals surface area contributed by atoms with E-state index >= 15 is 0 Å². The minimum absolute atomic E-state index is 0.102. The van der Waals surface area contributed by atoms with Gasteiger partial charge in [-0.05, 0) is 50.6 Å². The lowest BCUT2D eigenvalue weighted by Crippen LogP contribution is -2.02. The molecular weight excluding hydrogens is 235 g/mol. The largest absolute Gasteiger partial charge is 0.289 e. The van der Waals surface area contributed by atoms with Crippen molar-refractivity contribution < 1.29 is 9.18 Å². The van der Waals surface area contributed by atoms with Gasteiger partial charge in [-0.1, -0.05) is 0 Å². The Bertz CT molecular complexity index is 564. The Morgan fingerprint density at radius 2 is 1.82 bits per heavy atom. The van der Waals surface area contributed by atoms with E-state index in [2.05, 4.69) is 0 Å². The van der Waals surface area contributed by atoms with Gasteiger partial charge in [-0.2, -0.15) is 0 Å². The van der Waals surface area contributed by atoms with E-state index in [4.69, 9.17) is 0 Å². The van der Waals surface area contributed by atoms with Crippen LogP contribution in [-0.2, 0) is 0 Å². The molecular formula is C14H13FOS. The van der Waals surface area contributed by atoms with Gasteiger partial charge in [-0.3, -0.25) is 4.79 Å². The first-order chi connectivity index (χ1) is 7.97. The van der Waals surface area contributed by atoms with Gasteiger partial charge in [0.15, 0.2) is 5.78 Å². The number of aryl methyl sites for hydroxylation is 3. The van der Waals surface area contributed by atoms with Crippen LogP contribution in [0, 0.1) is 26.6 Å². The number of rotatable bonds is 2. The van der Waals surface area contributed by atoms with Crippen molar-refractivity contribution in [3.05, 3.63) is 56.5 Å². The molecule has 3 heteroatoms. The summed E-state index contributed by atoms with van der Waals surface area (Å²) in [6.45, 7) is 5.66. The molecule has 0 spiro atoms. The van der Waals surface area contributed by atoms with Gasteiger partial charge in [0.1, 0.15) is 5.82 Å². The molecule has 0 aliphatic rings. The second kappa shape index (κ2) is 4.41. The average Bonchev–Trinajstić information content (AvgIpc) is 2.55. The summed E-state index contributed by atoms with van der Waals surface area (Å²) in [5, 5.41) is 0. The Kier molecular flexibility index (Phi) is 3.11. The fourth-order valence-corrected chi connectivity index (χ4v) is 2.80. The molecule has 0 aliphatic heterocycles. The third-order valence-electron chi connectivity index (χ3n) is 2.59. The monoisotopic (exact) mass is 248 g/mol. The second-order valence-corrected chi connectivity index (χ2v) is 5.63.